The lowest BCUT2D eigenvalue weighted by Crippen LogP contribution is -2.34. The van der Waals surface area contributed by atoms with Crippen LogP contribution >= 0.6 is 11.8 Å². The van der Waals surface area contributed by atoms with E-state index in [1.807, 2.05) is 43.3 Å². The summed E-state index contributed by atoms with van der Waals surface area (Å²) in [6.45, 7) is 1.98. The smallest absolute Gasteiger partial charge is 0.286 e. The van der Waals surface area contributed by atoms with Gasteiger partial charge in [-0.2, -0.15) is 4.99 Å². The van der Waals surface area contributed by atoms with Crippen LogP contribution in [0.3, 0.4) is 0 Å². The Morgan fingerprint density at radius 2 is 2.26 bits per heavy atom. The minimum Gasteiger partial charge on any atom is -0.394 e. The summed E-state index contributed by atoms with van der Waals surface area (Å²) >= 11 is 1.30. The van der Waals surface area contributed by atoms with Gasteiger partial charge in [0.1, 0.15) is 0 Å². The molecule has 1 amide bonds. The Kier molecular flexibility index (Phi) is 4.73. The molecule has 2 heterocycles. The predicted octanol–water partition coefficient (Wildman–Crippen LogP) is 2.57. The van der Waals surface area contributed by atoms with Crippen LogP contribution in [0.5, 0.6) is 0 Å². The molecule has 3 rings (SSSR count). The highest BCUT2D eigenvalue weighted by Crippen LogP contribution is 2.28. The van der Waals surface area contributed by atoms with Crippen molar-refractivity contribution in [3.8, 4) is 0 Å². The average Bonchev–Trinajstić information content (AvgIpc) is 2.92. The number of amidine groups is 1. The molecule has 2 aromatic rings. The molecule has 0 spiro atoms. The number of aromatic nitrogens is 1. The van der Waals surface area contributed by atoms with Crippen LogP contribution in [0.1, 0.15) is 18.9 Å². The van der Waals surface area contributed by atoms with E-state index in [1.54, 1.807) is 6.20 Å². The number of amides is 1. The number of thioether (sulfide) groups is 1. The van der Waals surface area contributed by atoms with Crippen LogP contribution < -0.4 is 5.32 Å². The third-order valence-corrected chi connectivity index (χ3v) is 4.50. The Labute approximate surface area is 138 Å². The highest BCUT2D eigenvalue weighted by Gasteiger charge is 2.23. The van der Waals surface area contributed by atoms with Gasteiger partial charge in [0.15, 0.2) is 5.17 Å². The number of aliphatic hydroxyl groups is 1. The zero-order chi connectivity index (χ0) is 16.2. The van der Waals surface area contributed by atoms with Crippen LogP contribution in [-0.2, 0) is 4.79 Å². The second-order valence-electron chi connectivity index (χ2n) is 5.22. The zero-order valence-electron chi connectivity index (χ0n) is 12.7. The fourth-order valence-corrected chi connectivity index (χ4v) is 3.15. The van der Waals surface area contributed by atoms with Crippen molar-refractivity contribution in [2.24, 2.45) is 4.99 Å². The van der Waals surface area contributed by atoms with Gasteiger partial charge in [-0.05, 0) is 48.0 Å². The molecule has 6 heteroatoms. The molecule has 23 heavy (non-hydrogen) atoms. The van der Waals surface area contributed by atoms with Crippen LogP contribution in [-0.4, -0.2) is 33.8 Å². The normalized spacial score (nSPS) is 17.6. The van der Waals surface area contributed by atoms with Crippen LogP contribution in [0, 0.1) is 0 Å². The van der Waals surface area contributed by atoms with Gasteiger partial charge in [-0.25, -0.2) is 0 Å². The number of fused-ring (bicyclic) bond motifs is 1. The van der Waals surface area contributed by atoms with Gasteiger partial charge in [-0.3, -0.25) is 9.78 Å². The van der Waals surface area contributed by atoms with E-state index in [9.17, 15) is 9.90 Å². The molecule has 5 nitrogen and oxygen atoms in total. The molecule has 0 bridgehead atoms. The van der Waals surface area contributed by atoms with Crippen molar-refractivity contribution >= 4 is 39.8 Å². The Hall–Kier alpha value is -2.18. The maximum Gasteiger partial charge on any atom is 0.286 e. The van der Waals surface area contributed by atoms with Gasteiger partial charge in [0, 0.05) is 11.6 Å². The van der Waals surface area contributed by atoms with Gasteiger partial charge >= 0.3 is 0 Å². The Morgan fingerprint density at radius 1 is 1.39 bits per heavy atom. The quantitative estimate of drug-likeness (QED) is 0.844. The summed E-state index contributed by atoms with van der Waals surface area (Å²) in [6.07, 6.45) is 4.35. The fraction of sp³-hybridized carbons (Fsp3) is 0.235. The minimum atomic E-state index is -0.253. The predicted molar refractivity (Wildman–Crippen MR) is 94.1 cm³/mol. The number of benzene rings is 1. The molecule has 0 aliphatic carbocycles. The van der Waals surface area contributed by atoms with Crippen molar-refractivity contribution in [3.05, 3.63) is 47.0 Å². The second-order valence-corrected chi connectivity index (χ2v) is 6.25. The Balaban J connectivity index is 1.79. The number of pyridine rings is 1. The first-order valence-electron chi connectivity index (χ1n) is 7.44. The Bertz CT molecular complexity index is 797. The molecule has 0 fully saturated rings. The van der Waals surface area contributed by atoms with Gasteiger partial charge in [-0.15, -0.1) is 0 Å². The SMILES string of the molecule is CCC(CO)NC1=NC(=O)/C(=C/c2ccc3ncccc3c2)S1. The monoisotopic (exact) mass is 327 g/mol. The second kappa shape index (κ2) is 6.93. The maximum absolute atomic E-state index is 12.0. The first kappa shape index (κ1) is 15.7. The number of hydrogen-bond donors (Lipinski definition) is 2. The van der Waals surface area contributed by atoms with Gasteiger partial charge in [-0.1, -0.05) is 19.1 Å². The summed E-state index contributed by atoms with van der Waals surface area (Å²) < 4.78 is 0. The molecular weight excluding hydrogens is 310 g/mol. The molecule has 1 atom stereocenters. The molecule has 1 aromatic heterocycles. The largest absolute Gasteiger partial charge is 0.394 e. The van der Waals surface area contributed by atoms with Crippen molar-refractivity contribution in [1.29, 1.82) is 0 Å². The third-order valence-electron chi connectivity index (χ3n) is 3.59. The first-order valence-corrected chi connectivity index (χ1v) is 8.26. The highest BCUT2D eigenvalue weighted by molar-refractivity contribution is 8.18. The molecule has 118 valence electrons. The third kappa shape index (κ3) is 3.60. The lowest BCUT2D eigenvalue weighted by molar-refractivity contribution is -0.113. The number of nitrogens with one attached hydrogen (secondary N) is 1. The number of carbonyl (C=O) groups excluding carboxylic acids is 1. The molecule has 1 aliphatic rings. The summed E-state index contributed by atoms with van der Waals surface area (Å²) in [5.41, 5.74) is 1.86. The maximum atomic E-state index is 12.0. The molecule has 1 aromatic carbocycles. The van der Waals surface area contributed by atoms with Crippen LogP contribution in [0.2, 0.25) is 0 Å². The van der Waals surface area contributed by atoms with E-state index in [-0.39, 0.29) is 18.6 Å². The molecule has 1 aliphatic heterocycles. The van der Waals surface area contributed by atoms with Crippen molar-refractivity contribution in [1.82, 2.24) is 10.3 Å². The molecule has 0 saturated carbocycles. The van der Waals surface area contributed by atoms with E-state index in [0.29, 0.717) is 10.1 Å². The van der Waals surface area contributed by atoms with Crippen molar-refractivity contribution < 1.29 is 9.90 Å². The number of rotatable bonds is 4. The molecule has 0 saturated heterocycles. The Morgan fingerprint density at radius 3 is 3.04 bits per heavy atom. The van der Waals surface area contributed by atoms with Gasteiger partial charge in [0.2, 0.25) is 0 Å². The van der Waals surface area contributed by atoms with Crippen LogP contribution in [0.15, 0.2) is 46.4 Å². The topological polar surface area (TPSA) is 74.6 Å². The van der Waals surface area contributed by atoms with Crippen LogP contribution in [0.4, 0.5) is 0 Å². The van der Waals surface area contributed by atoms with Gasteiger partial charge in [0.25, 0.3) is 5.91 Å². The lowest BCUT2D eigenvalue weighted by Gasteiger charge is -2.13. The summed E-state index contributed by atoms with van der Waals surface area (Å²) in [7, 11) is 0. The lowest BCUT2D eigenvalue weighted by atomic mass is 10.1. The summed E-state index contributed by atoms with van der Waals surface area (Å²) in [5.74, 6) is -0.253. The summed E-state index contributed by atoms with van der Waals surface area (Å²) in [6, 6.07) is 9.66. The van der Waals surface area contributed by atoms with E-state index in [4.69, 9.17) is 0 Å². The van der Waals surface area contributed by atoms with Crippen molar-refractivity contribution in [2.75, 3.05) is 6.61 Å². The number of carbonyl (C=O) groups is 1. The summed E-state index contributed by atoms with van der Waals surface area (Å²) in [4.78, 5) is 20.9. The molecule has 1 unspecified atom stereocenters. The number of aliphatic imine (C=N–C) groups is 1. The van der Waals surface area contributed by atoms with Gasteiger partial charge < -0.3 is 10.4 Å². The van der Waals surface area contributed by atoms with E-state index in [2.05, 4.69) is 15.3 Å². The van der Waals surface area contributed by atoms with E-state index in [1.165, 1.54) is 11.8 Å². The van der Waals surface area contributed by atoms with E-state index < -0.39 is 0 Å². The number of nitrogens with zero attached hydrogens (tertiary/aromatic N) is 2. The van der Waals surface area contributed by atoms with E-state index in [0.717, 1.165) is 22.9 Å². The molecular formula is C17H17N3O2S. The van der Waals surface area contributed by atoms with Crippen molar-refractivity contribution in [3.63, 3.8) is 0 Å². The highest BCUT2D eigenvalue weighted by atomic mass is 32.2. The number of aliphatic hydroxyl groups excluding tert-OH is 1. The standard InChI is InChI=1S/C17H17N3O2S/c1-2-13(10-21)19-17-20-16(22)15(23-17)9-11-5-6-14-12(8-11)4-3-7-18-14/h3-9,13,21H,2,10H2,1H3,(H,19,20,22)/b15-9-. The van der Waals surface area contributed by atoms with Gasteiger partial charge in [0.05, 0.1) is 23.1 Å². The van der Waals surface area contributed by atoms with Crippen LogP contribution in [0.25, 0.3) is 17.0 Å². The number of hydrogen-bond acceptors (Lipinski definition) is 5. The average molecular weight is 327 g/mol. The molecule has 0 radical (unpaired) electrons. The minimum absolute atomic E-state index is 0.0149. The van der Waals surface area contributed by atoms with Crippen molar-refractivity contribution in [2.45, 2.75) is 19.4 Å². The first-order chi connectivity index (χ1) is 11.2. The summed E-state index contributed by atoms with van der Waals surface area (Å²) in [5, 5.41) is 13.9. The molecule has 2 N–H and O–H groups in total. The zero-order valence-corrected chi connectivity index (χ0v) is 13.5. The van der Waals surface area contributed by atoms with E-state index >= 15 is 0 Å². The fourth-order valence-electron chi connectivity index (χ4n) is 2.26.